The number of nitrogens with one attached hydrogen (secondary N) is 1. The molecule has 0 aliphatic rings. The molecule has 0 unspecified atom stereocenters. The summed E-state index contributed by atoms with van der Waals surface area (Å²) < 4.78 is 45.4. The molecule has 4 N–H and O–H groups in total. The third-order valence-corrected chi connectivity index (χ3v) is 5.17. The lowest BCUT2D eigenvalue weighted by Gasteiger charge is -2.03. The van der Waals surface area contributed by atoms with Crippen LogP contribution < -0.4 is 9.86 Å². The van der Waals surface area contributed by atoms with E-state index in [1.165, 1.54) is 29.0 Å². The molecule has 2 aromatic rings. The Kier molecular flexibility index (Phi) is 6.68. The van der Waals surface area contributed by atoms with Crippen LogP contribution in [0.2, 0.25) is 0 Å². The highest BCUT2D eigenvalue weighted by atomic mass is 32.2. The van der Waals surface area contributed by atoms with E-state index in [4.69, 9.17) is 10.2 Å². The molecule has 1 amide bonds. The summed E-state index contributed by atoms with van der Waals surface area (Å²) in [7, 11) is -7.45. The number of benzene rings is 2. The van der Waals surface area contributed by atoms with Gasteiger partial charge in [0.1, 0.15) is 0 Å². The van der Waals surface area contributed by atoms with Crippen LogP contribution in [0.15, 0.2) is 58.3 Å². The van der Waals surface area contributed by atoms with Gasteiger partial charge in [0.25, 0.3) is 10.0 Å². The van der Waals surface area contributed by atoms with E-state index in [-0.39, 0.29) is 9.79 Å². The Morgan fingerprint density at radius 1 is 0.840 bits per heavy atom. The highest BCUT2D eigenvalue weighted by molar-refractivity contribution is 7.90. The first kappa shape index (κ1) is 20.6. The number of aryl methyl sites for hydroxylation is 2. The van der Waals surface area contributed by atoms with Gasteiger partial charge in [0.05, 0.1) is 9.79 Å². The maximum absolute atomic E-state index is 11.3. The van der Waals surface area contributed by atoms with Crippen molar-refractivity contribution in [3.8, 4) is 0 Å². The molecule has 10 heteroatoms. The zero-order chi connectivity index (χ0) is 19.3. The molecular weight excluding hydrogens is 368 g/mol. The maximum Gasteiger partial charge on any atom is 0.418 e. The van der Waals surface area contributed by atoms with Crippen LogP contribution in [0.1, 0.15) is 11.1 Å². The number of nitrogens with two attached hydrogens (primary N) is 1. The Labute approximate surface area is 146 Å². The highest BCUT2D eigenvalue weighted by Gasteiger charge is 2.15. The average Bonchev–Trinajstić information content (AvgIpc) is 2.46. The fraction of sp³-hybridized carbons (Fsp3) is 0.133. The van der Waals surface area contributed by atoms with Crippen LogP contribution in [0.25, 0.3) is 0 Å². The summed E-state index contributed by atoms with van der Waals surface area (Å²) in [5, 5.41) is 13.2. The van der Waals surface area contributed by atoms with Crippen LogP contribution >= 0.6 is 0 Å². The van der Waals surface area contributed by atoms with E-state index in [2.05, 4.69) is 0 Å². The molecule has 0 aliphatic heterocycles. The molecule has 0 saturated heterocycles. The summed E-state index contributed by atoms with van der Waals surface area (Å²) in [6, 6.07) is 12.3. The topological polar surface area (TPSA) is 144 Å². The number of amides is 1. The molecule has 8 nitrogen and oxygen atoms in total. The quantitative estimate of drug-likeness (QED) is 0.731. The molecule has 0 heterocycles. The molecule has 0 fully saturated rings. The van der Waals surface area contributed by atoms with E-state index < -0.39 is 26.1 Å². The van der Waals surface area contributed by atoms with Gasteiger partial charge < -0.3 is 5.11 Å². The third kappa shape index (κ3) is 6.91. The van der Waals surface area contributed by atoms with Crippen LogP contribution in [0.5, 0.6) is 0 Å². The Morgan fingerprint density at radius 2 is 1.20 bits per heavy atom. The Morgan fingerprint density at radius 3 is 1.52 bits per heavy atom. The fourth-order valence-corrected chi connectivity index (χ4v) is 2.98. The van der Waals surface area contributed by atoms with E-state index in [0.717, 1.165) is 11.1 Å². The second kappa shape index (κ2) is 8.10. The molecule has 0 atom stereocenters. The van der Waals surface area contributed by atoms with Crippen LogP contribution in [0.3, 0.4) is 0 Å². The fourth-order valence-electron chi connectivity index (χ4n) is 1.62. The molecule has 2 rings (SSSR count). The second-order valence-electron chi connectivity index (χ2n) is 5.08. The lowest BCUT2D eigenvalue weighted by atomic mass is 10.2. The van der Waals surface area contributed by atoms with Crippen LogP contribution in [0.4, 0.5) is 4.79 Å². The SMILES string of the molecule is Cc1ccc(S(=O)(=O)NC(=O)O)cc1.Cc1ccc(S(N)(=O)=O)cc1. The number of hydrogen-bond acceptors (Lipinski definition) is 5. The van der Waals surface area contributed by atoms with Crippen LogP contribution in [0, 0.1) is 13.8 Å². The van der Waals surface area contributed by atoms with Gasteiger partial charge in [-0.1, -0.05) is 35.4 Å². The van der Waals surface area contributed by atoms with E-state index >= 15 is 0 Å². The van der Waals surface area contributed by atoms with Gasteiger partial charge in [-0.15, -0.1) is 0 Å². The predicted octanol–water partition coefficient (Wildman–Crippen LogP) is 1.59. The van der Waals surface area contributed by atoms with Crippen molar-refractivity contribution in [2.75, 3.05) is 0 Å². The molecule has 25 heavy (non-hydrogen) atoms. The van der Waals surface area contributed by atoms with Gasteiger partial charge in [-0.25, -0.2) is 31.5 Å². The van der Waals surface area contributed by atoms with E-state index in [1.807, 2.05) is 6.92 Å². The standard InChI is InChI=1S/C8H9NO4S.C7H9NO2S/c1-6-2-4-7(5-3-6)14(12,13)9-8(10)11;1-6-2-4-7(5-3-6)11(8,9)10/h2-5,9H,1H3,(H,10,11);2-5H,1H3,(H2,8,9,10). The number of carbonyl (C=O) groups is 1. The van der Waals surface area contributed by atoms with Crippen molar-refractivity contribution >= 4 is 26.1 Å². The predicted molar refractivity (Wildman–Crippen MR) is 92.1 cm³/mol. The molecule has 0 spiro atoms. The molecule has 0 radical (unpaired) electrons. The van der Waals surface area contributed by atoms with Gasteiger partial charge in [0.2, 0.25) is 10.0 Å². The summed E-state index contributed by atoms with van der Waals surface area (Å²) in [6.07, 6.45) is -1.59. The molecule has 0 aliphatic carbocycles. The summed E-state index contributed by atoms with van der Waals surface area (Å²) in [6.45, 7) is 3.69. The lowest BCUT2D eigenvalue weighted by Crippen LogP contribution is -2.28. The second-order valence-corrected chi connectivity index (χ2v) is 8.33. The molecule has 2 aromatic carbocycles. The van der Waals surface area contributed by atoms with Gasteiger partial charge >= 0.3 is 6.09 Å². The summed E-state index contributed by atoms with van der Waals surface area (Å²) in [5.74, 6) is 0. The molecular formula is C15H18N2O6S2. The summed E-state index contributed by atoms with van der Waals surface area (Å²) in [4.78, 5) is 10.3. The monoisotopic (exact) mass is 386 g/mol. The Balaban J connectivity index is 0.000000257. The van der Waals surface area contributed by atoms with E-state index in [1.54, 1.807) is 31.2 Å². The number of carboxylic acid groups (broad SMARTS) is 1. The van der Waals surface area contributed by atoms with Gasteiger partial charge in [-0.2, -0.15) is 0 Å². The molecule has 0 bridgehead atoms. The van der Waals surface area contributed by atoms with E-state index in [9.17, 15) is 21.6 Å². The minimum atomic E-state index is -3.93. The van der Waals surface area contributed by atoms with Crippen LogP contribution in [-0.4, -0.2) is 28.0 Å². The minimum Gasteiger partial charge on any atom is -0.464 e. The summed E-state index contributed by atoms with van der Waals surface area (Å²) in [5.41, 5.74) is 1.91. The number of rotatable bonds is 3. The van der Waals surface area contributed by atoms with Gasteiger partial charge in [0, 0.05) is 0 Å². The third-order valence-electron chi connectivity index (χ3n) is 2.90. The van der Waals surface area contributed by atoms with Crippen molar-refractivity contribution in [1.29, 1.82) is 0 Å². The minimum absolute atomic E-state index is 0.0644. The van der Waals surface area contributed by atoms with Gasteiger partial charge in [0.15, 0.2) is 0 Å². The lowest BCUT2D eigenvalue weighted by molar-refractivity contribution is 0.201. The van der Waals surface area contributed by atoms with Crippen molar-refractivity contribution < 1.29 is 26.7 Å². The average molecular weight is 386 g/mol. The first-order valence-electron chi connectivity index (χ1n) is 6.84. The van der Waals surface area contributed by atoms with Crippen molar-refractivity contribution in [2.24, 2.45) is 5.14 Å². The van der Waals surface area contributed by atoms with Gasteiger partial charge in [-0.3, -0.25) is 0 Å². The maximum atomic E-state index is 11.3. The summed E-state index contributed by atoms with van der Waals surface area (Å²) >= 11 is 0. The number of sulfonamides is 2. The van der Waals surface area contributed by atoms with Crippen LogP contribution in [-0.2, 0) is 20.0 Å². The Hall–Kier alpha value is -2.43. The van der Waals surface area contributed by atoms with Crippen molar-refractivity contribution in [3.05, 3.63) is 59.7 Å². The molecule has 136 valence electrons. The smallest absolute Gasteiger partial charge is 0.418 e. The first-order valence-corrected chi connectivity index (χ1v) is 9.86. The van der Waals surface area contributed by atoms with E-state index in [0.29, 0.717) is 0 Å². The van der Waals surface area contributed by atoms with Gasteiger partial charge in [-0.05, 0) is 38.1 Å². The highest BCUT2D eigenvalue weighted by Crippen LogP contribution is 2.09. The van der Waals surface area contributed by atoms with Crippen molar-refractivity contribution in [1.82, 2.24) is 4.72 Å². The number of primary sulfonamides is 1. The normalized spacial score (nSPS) is 11.2. The first-order chi connectivity index (χ1) is 11.4. The zero-order valence-corrected chi connectivity index (χ0v) is 15.1. The van der Waals surface area contributed by atoms with Crippen molar-refractivity contribution in [3.63, 3.8) is 0 Å². The van der Waals surface area contributed by atoms with Crippen molar-refractivity contribution in [2.45, 2.75) is 23.6 Å². The zero-order valence-electron chi connectivity index (χ0n) is 13.5. The largest absolute Gasteiger partial charge is 0.464 e. The number of hydrogen-bond donors (Lipinski definition) is 3. The Bertz CT molecular complexity index is 935. The molecule has 0 saturated carbocycles. The molecule has 0 aromatic heterocycles.